The molecule has 0 aliphatic carbocycles. The predicted molar refractivity (Wildman–Crippen MR) is 99.2 cm³/mol. The molecule has 0 saturated heterocycles. The van der Waals surface area contributed by atoms with Crippen molar-refractivity contribution in [2.75, 3.05) is 17.2 Å². The van der Waals surface area contributed by atoms with Crippen molar-refractivity contribution in [1.82, 2.24) is 15.0 Å². The summed E-state index contributed by atoms with van der Waals surface area (Å²) in [5.41, 5.74) is 2.48. The lowest BCUT2D eigenvalue weighted by Crippen LogP contribution is -2.05. The van der Waals surface area contributed by atoms with E-state index in [0.717, 1.165) is 23.5 Å². The Morgan fingerprint density at radius 1 is 1.04 bits per heavy atom. The Morgan fingerprint density at radius 3 is 2.62 bits per heavy atom. The maximum Gasteiger partial charge on any atom is 0.225 e. The first kappa shape index (κ1) is 16.5. The molecular weight excluding hydrogens is 345 g/mol. The van der Waals surface area contributed by atoms with Crippen LogP contribution in [0.3, 0.4) is 0 Å². The van der Waals surface area contributed by atoms with Crippen LogP contribution in [0, 0.1) is 0 Å². The first-order valence-electron chi connectivity index (χ1n) is 7.41. The number of rotatable bonds is 5. The van der Waals surface area contributed by atoms with Gasteiger partial charge in [-0.15, -0.1) is 0 Å². The van der Waals surface area contributed by atoms with Gasteiger partial charge in [0.05, 0.1) is 15.7 Å². The number of hydrogen-bond acceptors (Lipinski definition) is 5. The minimum Gasteiger partial charge on any atom is -0.354 e. The van der Waals surface area contributed by atoms with Gasteiger partial charge in [-0.05, 0) is 37.3 Å². The van der Waals surface area contributed by atoms with Crippen molar-refractivity contribution in [3.8, 4) is 11.3 Å². The molecule has 2 aromatic heterocycles. The molecule has 0 unspecified atom stereocenters. The second kappa shape index (κ2) is 7.47. The molecule has 24 heavy (non-hydrogen) atoms. The molecule has 0 saturated carbocycles. The molecule has 0 atom stereocenters. The zero-order valence-electron chi connectivity index (χ0n) is 12.9. The van der Waals surface area contributed by atoms with Crippen molar-refractivity contribution in [3.63, 3.8) is 0 Å². The lowest BCUT2D eigenvalue weighted by molar-refractivity contribution is 1.09. The third-order valence-corrected chi connectivity index (χ3v) is 3.95. The SMILES string of the molecule is CCNc1nc(Nc2ccc(Cl)c(Cl)c2)cc(-c2cccnc2)n1. The lowest BCUT2D eigenvalue weighted by Gasteiger charge is -2.11. The van der Waals surface area contributed by atoms with E-state index >= 15 is 0 Å². The van der Waals surface area contributed by atoms with Crippen LogP contribution in [-0.4, -0.2) is 21.5 Å². The second-order valence-electron chi connectivity index (χ2n) is 4.99. The third-order valence-electron chi connectivity index (χ3n) is 3.21. The third kappa shape index (κ3) is 3.93. The number of anilines is 3. The van der Waals surface area contributed by atoms with E-state index in [1.54, 1.807) is 24.5 Å². The molecule has 122 valence electrons. The van der Waals surface area contributed by atoms with Crippen molar-refractivity contribution < 1.29 is 0 Å². The van der Waals surface area contributed by atoms with Gasteiger partial charge in [-0.1, -0.05) is 23.2 Å². The van der Waals surface area contributed by atoms with Crippen LogP contribution in [0.1, 0.15) is 6.92 Å². The topological polar surface area (TPSA) is 62.7 Å². The van der Waals surface area contributed by atoms with E-state index < -0.39 is 0 Å². The fraction of sp³-hybridized carbons (Fsp3) is 0.118. The van der Waals surface area contributed by atoms with E-state index in [9.17, 15) is 0 Å². The first-order chi connectivity index (χ1) is 11.7. The summed E-state index contributed by atoms with van der Waals surface area (Å²) in [6.07, 6.45) is 3.49. The monoisotopic (exact) mass is 359 g/mol. The molecule has 0 amide bonds. The van der Waals surface area contributed by atoms with Crippen molar-refractivity contribution in [2.24, 2.45) is 0 Å². The summed E-state index contributed by atoms with van der Waals surface area (Å²) in [7, 11) is 0. The molecular formula is C17H15Cl2N5. The highest BCUT2D eigenvalue weighted by Crippen LogP contribution is 2.28. The standard InChI is InChI=1S/C17H15Cl2N5/c1-2-21-17-23-15(11-4-3-7-20-10-11)9-16(24-17)22-12-5-6-13(18)14(19)8-12/h3-10H,2H2,1H3,(H2,21,22,23,24). The predicted octanol–water partition coefficient (Wildman–Crippen LogP) is 5.02. The smallest absolute Gasteiger partial charge is 0.225 e. The summed E-state index contributed by atoms with van der Waals surface area (Å²) in [6, 6.07) is 11.0. The Kier molecular flexibility index (Phi) is 5.13. The van der Waals surface area contributed by atoms with Gasteiger partial charge in [-0.2, -0.15) is 4.98 Å². The number of halogens is 2. The molecule has 0 aliphatic rings. The molecule has 3 aromatic rings. The molecule has 0 radical (unpaired) electrons. The molecule has 2 N–H and O–H groups in total. The van der Waals surface area contributed by atoms with Gasteiger partial charge in [-0.25, -0.2) is 4.98 Å². The number of nitrogens with one attached hydrogen (secondary N) is 2. The largest absolute Gasteiger partial charge is 0.354 e. The molecule has 5 nitrogen and oxygen atoms in total. The van der Waals surface area contributed by atoms with Gasteiger partial charge >= 0.3 is 0 Å². The van der Waals surface area contributed by atoms with Crippen molar-refractivity contribution in [2.45, 2.75) is 6.92 Å². The average molecular weight is 360 g/mol. The molecule has 0 bridgehead atoms. The van der Waals surface area contributed by atoms with Crippen molar-refractivity contribution >= 4 is 40.7 Å². The Morgan fingerprint density at radius 2 is 1.92 bits per heavy atom. The molecule has 2 heterocycles. The van der Waals surface area contributed by atoms with Gasteiger partial charge in [-0.3, -0.25) is 4.98 Å². The highest BCUT2D eigenvalue weighted by molar-refractivity contribution is 6.42. The van der Waals surface area contributed by atoms with Crippen LogP contribution in [-0.2, 0) is 0 Å². The Labute approximate surface area is 150 Å². The van der Waals surface area contributed by atoms with Crippen LogP contribution in [0.4, 0.5) is 17.5 Å². The minimum absolute atomic E-state index is 0.482. The van der Waals surface area contributed by atoms with Crippen molar-refractivity contribution in [3.05, 3.63) is 58.8 Å². The molecule has 3 rings (SSSR count). The van der Waals surface area contributed by atoms with Gasteiger partial charge in [0.2, 0.25) is 5.95 Å². The zero-order valence-corrected chi connectivity index (χ0v) is 14.4. The number of aromatic nitrogens is 3. The molecule has 0 spiro atoms. The maximum atomic E-state index is 6.06. The van der Waals surface area contributed by atoms with E-state index in [0.29, 0.717) is 21.8 Å². The zero-order chi connectivity index (χ0) is 16.9. The first-order valence-corrected chi connectivity index (χ1v) is 8.16. The lowest BCUT2D eigenvalue weighted by atomic mass is 10.2. The van der Waals surface area contributed by atoms with E-state index in [1.807, 2.05) is 31.2 Å². The maximum absolute atomic E-state index is 6.06. The fourth-order valence-corrected chi connectivity index (χ4v) is 2.43. The summed E-state index contributed by atoms with van der Waals surface area (Å²) in [6.45, 7) is 2.72. The number of pyridine rings is 1. The van der Waals surface area contributed by atoms with Crippen LogP contribution < -0.4 is 10.6 Å². The highest BCUT2D eigenvalue weighted by atomic mass is 35.5. The number of benzene rings is 1. The van der Waals surface area contributed by atoms with Crippen LogP contribution in [0.5, 0.6) is 0 Å². The Hall–Kier alpha value is -2.37. The fourth-order valence-electron chi connectivity index (χ4n) is 2.13. The quantitative estimate of drug-likeness (QED) is 0.669. The van der Waals surface area contributed by atoms with Crippen LogP contribution >= 0.6 is 23.2 Å². The Balaban J connectivity index is 1.97. The summed E-state index contributed by atoms with van der Waals surface area (Å²) in [5, 5.41) is 7.35. The van der Waals surface area contributed by atoms with Gasteiger partial charge in [0.1, 0.15) is 5.82 Å². The van der Waals surface area contributed by atoms with Gasteiger partial charge in [0.15, 0.2) is 0 Å². The normalized spacial score (nSPS) is 10.5. The van der Waals surface area contributed by atoms with E-state index in [-0.39, 0.29) is 0 Å². The molecule has 0 fully saturated rings. The highest BCUT2D eigenvalue weighted by Gasteiger charge is 2.08. The van der Waals surface area contributed by atoms with Crippen LogP contribution in [0.15, 0.2) is 48.8 Å². The molecule has 7 heteroatoms. The van der Waals surface area contributed by atoms with Gasteiger partial charge in [0, 0.05) is 36.3 Å². The minimum atomic E-state index is 0.482. The summed E-state index contributed by atoms with van der Waals surface area (Å²) in [4.78, 5) is 13.1. The summed E-state index contributed by atoms with van der Waals surface area (Å²) in [5.74, 6) is 1.19. The average Bonchev–Trinajstić information content (AvgIpc) is 2.59. The number of hydrogen-bond donors (Lipinski definition) is 2. The summed E-state index contributed by atoms with van der Waals surface area (Å²) >= 11 is 12.0. The van der Waals surface area contributed by atoms with Gasteiger partial charge in [0.25, 0.3) is 0 Å². The second-order valence-corrected chi connectivity index (χ2v) is 5.80. The number of nitrogens with zero attached hydrogens (tertiary/aromatic N) is 3. The molecule has 1 aromatic carbocycles. The van der Waals surface area contributed by atoms with E-state index in [4.69, 9.17) is 23.2 Å². The van der Waals surface area contributed by atoms with E-state index in [2.05, 4.69) is 25.6 Å². The van der Waals surface area contributed by atoms with Crippen molar-refractivity contribution in [1.29, 1.82) is 0 Å². The van der Waals surface area contributed by atoms with Crippen LogP contribution in [0.2, 0.25) is 10.0 Å². The van der Waals surface area contributed by atoms with Gasteiger partial charge < -0.3 is 10.6 Å². The Bertz CT molecular complexity index is 840. The van der Waals surface area contributed by atoms with E-state index in [1.165, 1.54) is 0 Å². The van der Waals surface area contributed by atoms with Crippen LogP contribution in [0.25, 0.3) is 11.3 Å². The summed E-state index contributed by atoms with van der Waals surface area (Å²) < 4.78 is 0. The molecule has 0 aliphatic heterocycles.